The van der Waals surface area contributed by atoms with Crippen molar-refractivity contribution in [3.05, 3.63) is 96.2 Å². The molecule has 16 unspecified atom stereocenters. The van der Waals surface area contributed by atoms with Crippen LogP contribution < -0.4 is 0 Å². The number of hydrogen-bond acceptors (Lipinski definition) is 21. The topological polar surface area (TPSA) is 342 Å². The number of esters is 2. The van der Waals surface area contributed by atoms with E-state index in [-0.39, 0.29) is 17.5 Å². The van der Waals surface area contributed by atoms with E-state index < -0.39 is 148 Å². The molecule has 4 rings (SSSR count). The highest BCUT2D eigenvalue weighted by Crippen LogP contribution is 2.43. The number of aliphatic hydroxyl groups excluding tert-OH is 10. The third kappa shape index (κ3) is 17.6. The Bertz CT molecular complexity index is 1970. The molecule has 0 aromatic heterocycles. The molecule has 3 aliphatic heterocycles. The van der Waals surface area contributed by atoms with Crippen molar-refractivity contribution in [1.29, 1.82) is 0 Å². The average molecular weight is 1020 g/mol. The first-order chi connectivity index (χ1) is 34.6. The highest BCUT2D eigenvalue weighted by molar-refractivity contribution is 5.82. The second-order valence-corrected chi connectivity index (χ2v) is 17.6. The summed E-state index contributed by atoms with van der Waals surface area (Å²) in [7, 11) is 0. The number of phenols is 2. The molecule has 1 aromatic carbocycles. The fraction of sp³-hybridized carbons (Fsp3) is 0.608. The smallest absolute Gasteiger partial charge is 0.331 e. The summed E-state index contributed by atoms with van der Waals surface area (Å²) in [5.41, 5.74) is -0.392. The van der Waals surface area contributed by atoms with E-state index in [1.807, 2.05) is 18.2 Å². The first-order valence-electron chi connectivity index (χ1n) is 24.4. The Labute approximate surface area is 418 Å². The van der Waals surface area contributed by atoms with Crippen molar-refractivity contribution >= 4 is 11.9 Å². The number of unbranched alkanes of at least 4 members (excludes halogenated alkanes) is 6. The van der Waals surface area contributed by atoms with E-state index in [1.54, 1.807) is 24.3 Å². The normalized spacial score (nSPS) is 32.0. The molecule has 0 bridgehead atoms. The second kappa shape index (κ2) is 31.4. The number of phenolic OH excluding ortho intramolecular Hbond substituents is 2. The summed E-state index contributed by atoms with van der Waals surface area (Å²) < 4.78 is 40.8. The molecule has 0 radical (unpaired) electrons. The molecule has 3 heterocycles. The van der Waals surface area contributed by atoms with Crippen LogP contribution in [0.2, 0.25) is 0 Å². The monoisotopic (exact) mass is 1020 g/mol. The molecule has 12 N–H and O–H groups in total. The van der Waals surface area contributed by atoms with Gasteiger partial charge in [0, 0.05) is 23.8 Å². The number of benzene rings is 1. The van der Waals surface area contributed by atoms with Crippen molar-refractivity contribution in [1.82, 2.24) is 0 Å². The third-order valence-electron chi connectivity index (χ3n) is 12.1. The van der Waals surface area contributed by atoms with Crippen LogP contribution in [0.5, 0.6) is 11.5 Å². The lowest BCUT2D eigenvalue weighted by molar-refractivity contribution is -0.383. The van der Waals surface area contributed by atoms with E-state index in [0.717, 1.165) is 75.7 Å². The van der Waals surface area contributed by atoms with Gasteiger partial charge in [-0.15, -0.1) is 0 Å². The van der Waals surface area contributed by atoms with Gasteiger partial charge >= 0.3 is 11.9 Å². The molecular formula is C51H74O21. The van der Waals surface area contributed by atoms with Gasteiger partial charge in [-0.2, -0.15) is 0 Å². The summed E-state index contributed by atoms with van der Waals surface area (Å²) in [6.07, 6.45) is -2.13. The first kappa shape index (κ1) is 60.2. The van der Waals surface area contributed by atoms with Crippen LogP contribution in [0.1, 0.15) is 88.9 Å². The van der Waals surface area contributed by atoms with Gasteiger partial charge in [0.2, 0.25) is 0 Å². The number of allylic oxidation sites excluding steroid dienone is 8. The Hall–Kier alpha value is -4.40. The van der Waals surface area contributed by atoms with Gasteiger partial charge in [-0.3, -0.25) is 0 Å². The van der Waals surface area contributed by atoms with Gasteiger partial charge in [0.1, 0.15) is 91.4 Å². The summed E-state index contributed by atoms with van der Waals surface area (Å²) in [5.74, 6) is -3.10. The molecule has 21 heteroatoms. The van der Waals surface area contributed by atoms with Crippen LogP contribution in [0.3, 0.4) is 0 Å². The Morgan fingerprint density at radius 1 is 0.625 bits per heavy atom. The van der Waals surface area contributed by atoms with Crippen molar-refractivity contribution in [2.45, 2.75) is 176 Å². The Kier molecular flexibility index (Phi) is 26.2. The number of carbonyl (C=O) groups is 2. The van der Waals surface area contributed by atoms with Crippen LogP contribution in [0.15, 0.2) is 85.0 Å². The summed E-state index contributed by atoms with van der Waals surface area (Å²) in [4.78, 5) is 26.3. The van der Waals surface area contributed by atoms with Crippen LogP contribution in [0.4, 0.5) is 0 Å². The molecule has 0 aliphatic carbocycles. The zero-order valence-electron chi connectivity index (χ0n) is 40.6. The summed E-state index contributed by atoms with van der Waals surface area (Å²) in [5, 5.41) is 129. The molecule has 3 fully saturated rings. The standard InChI is InChI=1S/C51H74O21/c1-3-5-7-9-11-13-16-20-31(55)21-17-15-19-23-38(59)70-48-45(65)47(39-30(26-52)24-32(56)25-33(39)57)67-35(28-54)46(48)71-51-49(72-50-44(64)42(62)40(60)34(27-53)68-50)43(63)41(61)36(69-51)29-66-37(58)22-18-14-12-10-8-6-4-2/h11-20,22-25,31,34-36,40-57,60-65H,3-10,21,26-29H2,1-2H3/b13-11?,14-12?,17-15?,20-16?,22-18+,23-19?. The predicted octanol–water partition coefficient (Wildman–Crippen LogP) is 1.10. The van der Waals surface area contributed by atoms with Gasteiger partial charge in [0.05, 0.1) is 25.9 Å². The molecule has 1 aromatic rings. The molecule has 16 atom stereocenters. The van der Waals surface area contributed by atoms with Crippen molar-refractivity contribution < 1.29 is 104 Å². The molecule has 3 saturated heterocycles. The van der Waals surface area contributed by atoms with Crippen LogP contribution in [0.25, 0.3) is 0 Å². The van der Waals surface area contributed by atoms with E-state index >= 15 is 0 Å². The highest BCUT2D eigenvalue weighted by atomic mass is 16.8. The van der Waals surface area contributed by atoms with Gasteiger partial charge in [-0.05, 0) is 43.7 Å². The maximum atomic E-state index is 13.6. The molecule has 21 nitrogen and oxygen atoms in total. The van der Waals surface area contributed by atoms with Gasteiger partial charge in [0.25, 0.3) is 0 Å². The van der Waals surface area contributed by atoms with Crippen molar-refractivity contribution in [3.63, 3.8) is 0 Å². The maximum Gasteiger partial charge on any atom is 0.331 e. The number of carbonyl (C=O) groups excluding carboxylic acids is 2. The lowest BCUT2D eigenvalue weighted by Gasteiger charge is -2.49. The highest BCUT2D eigenvalue weighted by Gasteiger charge is 2.55. The minimum Gasteiger partial charge on any atom is -0.508 e. The zero-order valence-corrected chi connectivity index (χ0v) is 40.6. The van der Waals surface area contributed by atoms with Crippen LogP contribution in [0, 0.1) is 0 Å². The average Bonchev–Trinajstić information content (AvgIpc) is 3.36. The van der Waals surface area contributed by atoms with Crippen molar-refractivity contribution in [3.8, 4) is 11.5 Å². The van der Waals surface area contributed by atoms with Crippen LogP contribution in [-0.4, -0.2) is 185 Å². The van der Waals surface area contributed by atoms with Gasteiger partial charge < -0.3 is 94.4 Å². The molecule has 0 amide bonds. The maximum absolute atomic E-state index is 13.6. The number of ether oxygens (including phenoxy) is 7. The quantitative estimate of drug-likeness (QED) is 0.0254. The van der Waals surface area contributed by atoms with E-state index in [0.29, 0.717) is 0 Å². The minimum atomic E-state index is -2.09. The summed E-state index contributed by atoms with van der Waals surface area (Å²) in [6.45, 7) is 0.838. The van der Waals surface area contributed by atoms with E-state index in [1.165, 1.54) is 18.2 Å². The van der Waals surface area contributed by atoms with E-state index in [2.05, 4.69) is 13.8 Å². The Balaban J connectivity index is 1.66. The van der Waals surface area contributed by atoms with Crippen molar-refractivity contribution in [2.75, 3.05) is 19.8 Å². The van der Waals surface area contributed by atoms with Gasteiger partial charge in [-0.1, -0.05) is 100 Å². The first-order valence-corrected chi connectivity index (χ1v) is 24.4. The van der Waals surface area contributed by atoms with Gasteiger partial charge in [0.15, 0.2) is 18.7 Å². The largest absolute Gasteiger partial charge is 0.508 e. The molecule has 3 aliphatic rings. The second-order valence-electron chi connectivity index (χ2n) is 17.6. The summed E-state index contributed by atoms with van der Waals surface area (Å²) >= 11 is 0. The zero-order chi connectivity index (χ0) is 52.7. The Morgan fingerprint density at radius 2 is 1.22 bits per heavy atom. The number of rotatable bonds is 27. The molecule has 0 spiro atoms. The number of aromatic hydroxyl groups is 2. The lowest BCUT2D eigenvalue weighted by Crippen LogP contribution is -2.66. The number of aliphatic hydroxyl groups is 10. The predicted molar refractivity (Wildman–Crippen MR) is 255 cm³/mol. The SMILES string of the molecule is CCCCCC=CC=CC(O)CC=CC=CC(=O)OC1C(O)C(c2c(O)cc(O)cc2CO)OC(CO)C1OC1OC(COC(=O)/C=C/C=CCCCCC)C(O)C(O)C1OC1OC(CO)C(O)C(O)C1O. The molecule has 404 valence electrons. The number of hydrogen-bond donors (Lipinski definition) is 12. The van der Waals surface area contributed by atoms with Crippen molar-refractivity contribution in [2.24, 2.45) is 0 Å². The molecular weight excluding hydrogens is 949 g/mol. The minimum absolute atomic E-state index is 0.126. The molecule has 0 saturated carbocycles. The van der Waals surface area contributed by atoms with E-state index in [9.17, 15) is 70.9 Å². The fourth-order valence-corrected chi connectivity index (χ4v) is 8.13. The fourth-order valence-electron chi connectivity index (χ4n) is 8.13. The Morgan fingerprint density at radius 3 is 1.86 bits per heavy atom. The lowest BCUT2D eigenvalue weighted by atomic mass is 9.88. The van der Waals surface area contributed by atoms with Crippen LogP contribution >= 0.6 is 0 Å². The van der Waals surface area contributed by atoms with Crippen LogP contribution in [-0.2, 0) is 49.4 Å². The summed E-state index contributed by atoms with van der Waals surface area (Å²) in [6, 6.07) is 1.97. The van der Waals surface area contributed by atoms with Gasteiger partial charge in [-0.25, -0.2) is 9.59 Å². The third-order valence-corrected chi connectivity index (χ3v) is 12.1. The van der Waals surface area contributed by atoms with E-state index in [4.69, 9.17) is 33.2 Å². The molecule has 72 heavy (non-hydrogen) atoms.